The molecule has 0 spiro atoms. The monoisotopic (exact) mass is 292 g/mol. The van der Waals surface area contributed by atoms with Gasteiger partial charge in [0.05, 0.1) is 19.9 Å². The fraction of sp³-hybridized carbons (Fsp3) is 0.562. The highest BCUT2D eigenvalue weighted by molar-refractivity contribution is 5.78. The Kier molecular flexibility index (Phi) is 4.94. The van der Waals surface area contributed by atoms with Crippen LogP contribution in [0.2, 0.25) is 0 Å². The third-order valence-corrected chi connectivity index (χ3v) is 3.81. The van der Waals surface area contributed by atoms with Gasteiger partial charge in [-0.3, -0.25) is 4.79 Å². The third kappa shape index (κ3) is 3.40. The predicted octanol–water partition coefficient (Wildman–Crippen LogP) is 2.01. The van der Waals surface area contributed by atoms with E-state index in [0.29, 0.717) is 0 Å². The van der Waals surface area contributed by atoms with E-state index in [1.165, 1.54) is 0 Å². The first-order chi connectivity index (χ1) is 10.1. The molecule has 1 fully saturated rings. The maximum atomic E-state index is 12.0. The molecule has 1 aliphatic heterocycles. The van der Waals surface area contributed by atoms with Gasteiger partial charge in [0, 0.05) is 38.2 Å². The van der Waals surface area contributed by atoms with E-state index in [-0.39, 0.29) is 11.8 Å². The molecule has 5 nitrogen and oxygen atoms in total. The molecule has 2 rings (SSSR count). The zero-order chi connectivity index (χ0) is 15.4. The topological polar surface area (TPSA) is 42.0 Å². The molecular formula is C16H24N2O3. The van der Waals surface area contributed by atoms with Crippen LogP contribution in [0.1, 0.15) is 13.8 Å². The number of carbonyl (C=O) groups is 1. The standard InChI is InChI=1S/C16H24N2O3/c1-12(2)16(19)18-9-7-17(8-10-18)14-11-13(20-3)5-6-15(14)21-4/h5-6,11-12H,7-10H2,1-4H3. The number of anilines is 1. The molecule has 0 atom stereocenters. The van der Waals surface area contributed by atoms with E-state index in [1.54, 1.807) is 14.2 Å². The van der Waals surface area contributed by atoms with Crippen molar-refractivity contribution < 1.29 is 14.3 Å². The van der Waals surface area contributed by atoms with Gasteiger partial charge in [0.1, 0.15) is 11.5 Å². The summed E-state index contributed by atoms with van der Waals surface area (Å²) >= 11 is 0. The Balaban J connectivity index is 2.10. The van der Waals surface area contributed by atoms with Gasteiger partial charge in [-0.1, -0.05) is 13.8 Å². The van der Waals surface area contributed by atoms with Crippen molar-refractivity contribution in [1.29, 1.82) is 0 Å². The Hall–Kier alpha value is -1.91. The lowest BCUT2D eigenvalue weighted by Gasteiger charge is -2.37. The Morgan fingerprint density at radius 3 is 2.29 bits per heavy atom. The van der Waals surface area contributed by atoms with Crippen LogP contribution in [0.25, 0.3) is 0 Å². The number of amides is 1. The van der Waals surface area contributed by atoms with E-state index in [1.807, 2.05) is 36.9 Å². The molecule has 0 unspecified atom stereocenters. The SMILES string of the molecule is COc1ccc(OC)c(N2CCN(C(=O)C(C)C)CC2)c1. The highest BCUT2D eigenvalue weighted by Crippen LogP contribution is 2.32. The highest BCUT2D eigenvalue weighted by Gasteiger charge is 2.24. The van der Waals surface area contributed by atoms with Crippen molar-refractivity contribution in [3.8, 4) is 11.5 Å². The Bertz CT molecular complexity index is 494. The van der Waals surface area contributed by atoms with Crippen molar-refractivity contribution in [3.05, 3.63) is 18.2 Å². The second-order valence-electron chi connectivity index (χ2n) is 5.50. The van der Waals surface area contributed by atoms with Crippen LogP contribution in [0.5, 0.6) is 11.5 Å². The predicted molar refractivity (Wildman–Crippen MR) is 83.2 cm³/mol. The molecule has 1 heterocycles. The van der Waals surface area contributed by atoms with Crippen LogP contribution in [0.4, 0.5) is 5.69 Å². The highest BCUT2D eigenvalue weighted by atomic mass is 16.5. The average Bonchev–Trinajstić information content (AvgIpc) is 2.53. The van der Waals surface area contributed by atoms with Crippen molar-refractivity contribution in [2.45, 2.75) is 13.8 Å². The summed E-state index contributed by atoms with van der Waals surface area (Å²) in [4.78, 5) is 16.2. The molecule has 0 aromatic heterocycles. The number of hydrogen-bond acceptors (Lipinski definition) is 4. The van der Waals surface area contributed by atoms with E-state index < -0.39 is 0 Å². The molecule has 21 heavy (non-hydrogen) atoms. The molecule has 0 N–H and O–H groups in total. The number of hydrogen-bond donors (Lipinski definition) is 0. The molecule has 116 valence electrons. The Morgan fingerprint density at radius 2 is 1.76 bits per heavy atom. The van der Waals surface area contributed by atoms with E-state index >= 15 is 0 Å². The number of benzene rings is 1. The largest absolute Gasteiger partial charge is 0.497 e. The molecule has 1 aromatic rings. The van der Waals surface area contributed by atoms with Crippen LogP contribution in [0.3, 0.4) is 0 Å². The second kappa shape index (κ2) is 6.70. The van der Waals surface area contributed by atoms with E-state index in [4.69, 9.17) is 9.47 Å². The van der Waals surface area contributed by atoms with Crippen LogP contribution in [-0.4, -0.2) is 51.2 Å². The summed E-state index contributed by atoms with van der Waals surface area (Å²) in [6.45, 7) is 7.00. The van der Waals surface area contributed by atoms with Gasteiger partial charge < -0.3 is 19.3 Å². The molecule has 1 aliphatic rings. The van der Waals surface area contributed by atoms with Crippen LogP contribution in [-0.2, 0) is 4.79 Å². The van der Waals surface area contributed by atoms with Gasteiger partial charge in [0.2, 0.25) is 5.91 Å². The zero-order valence-electron chi connectivity index (χ0n) is 13.3. The van der Waals surface area contributed by atoms with E-state index in [2.05, 4.69) is 4.90 Å². The first kappa shape index (κ1) is 15.5. The van der Waals surface area contributed by atoms with Gasteiger partial charge >= 0.3 is 0 Å². The zero-order valence-corrected chi connectivity index (χ0v) is 13.3. The molecule has 1 saturated heterocycles. The summed E-state index contributed by atoms with van der Waals surface area (Å²) in [6.07, 6.45) is 0. The molecule has 5 heteroatoms. The molecule has 0 aliphatic carbocycles. The van der Waals surface area contributed by atoms with Gasteiger partial charge in [0.15, 0.2) is 0 Å². The fourth-order valence-electron chi connectivity index (χ4n) is 2.58. The maximum Gasteiger partial charge on any atom is 0.225 e. The minimum absolute atomic E-state index is 0.0582. The van der Waals surface area contributed by atoms with Gasteiger partial charge in [-0.05, 0) is 12.1 Å². The minimum Gasteiger partial charge on any atom is -0.497 e. The smallest absolute Gasteiger partial charge is 0.225 e. The number of piperazine rings is 1. The number of nitrogens with zero attached hydrogens (tertiary/aromatic N) is 2. The van der Waals surface area contributed by atoms with E-state index in [0.717, 1.165) is 43.4 Å². The van der Waals surface area contributed by atoms with Crippen LogP contribution < -0.4 is 14.4 Å². The first-order valence-corrected chi connectivity index (χ1v) is 7.32. The summed E-state index contributed by atoms with van der Waals surface area (Å²) in [7, 11) is 3.33. The van der Waals surface area contributed by atoms with Gasteiger partial charge in [-0.15, -0.1) is 0 Å². The normalized spacial score (nSPS) is 15.3. The minimum atomic E-state index is 0.0582. The second-order valence-corrected chi connectivity index (χ2v) is 5.50. The van der Waals surface area contributed by atoms with Crippen molar-refractivity contribution >= 4 is 11.6 Å². The molecule has 0 bridgehead atoms. The van der Waals surface area contributed by atoms with Gasteiger partial charge in [0.25, 0.3) is 0 Å². The fourth-order valence-corrected chi connectivity index (χ4v) is 2.58. The summed E-state index contributed by atoms with van der Waals surface area (Å²) in [5.41, 5.74) is 1.02. The van der Waals surface area contributed by atoms with Crippen molar-refractivity contribution in [2.75, 3.05) is 45.3 Å². The molecule has 0 radical (unpaired) electrons. The summed E-state index contributed by atoms with van der Waals surface area (Å²) < 4.78 is 10.7. The molecular weight excluding hydrogens is 268 g/mol. The summed E-state index contributed by atoms with van der Waals surface area (Å²) in [6, 6.07) is 5.79. The average molecular weight is 292 g/mol. The lowest BCUT2D eigenvalue weighted by molar-refractivity contribution is -0.134. The van der Waals surface area contributed by atoms with Crippen LogP contribution >= 0.6 is 0 Å². The third-order valence-electron chi connectivity index (χ3n) is 3.81. The quantitative estimate of drug-likeness (QED) is 0.851. The number of rotatable bonds is 4. The molecule has 1 amide bonds. The maximum absolute atomic E-state index is 12.0. The van der Waals surface area contributed by atoms with Crippen molar-refractivity contribution in [2.24, 2.45) is 5.92 Å². The molecule has 0 saturated carbocycles. The number of ether oxygens (including phenoxy) is 2. The van der Waals surface area contributed by atoms with Crippen molar-refractivity contribution in [1.82, 2.24) is 4.90 Å². The van der Waals surface area contributed by atoms with Crippen LogP contribution in [0.15, 0.2) is 18.2 Å². The Labute approximate surface area is 126 Å². The van der Waals surface area contributed by atoms with Crippen molar-refractivity contribution in [3.63, 3.8) is 0 Å². The summed E-state index contributed by atoms with van der Waals surface area (Å²) in [5, 5.41) is 0. The number of methoxy groups -OCH3 is 2. The molecule has 1 aromatic carbocycles. The van der Waals surface area contributed by atoms with E-state index in [9.17, 15) is 4.79 Å². The number of carbonyl (C=O) groups excluding carboxylic acids is 1. The van der Waals surface area contributed by atoms with Crippen LogP contribution in [0, 0.1) is 5.92 Å². The summed E-state index contributed by atoms with van der Waals surface area (Å²) in [5.74, 6) is 1.93. The Morgan fingerprint density at radius 1 is 1.10 bits per heavy atom. The van der Waals surface area contributed by atoms with Gasteiger partial charge in [-0.25, -0.2) is 0 Å². The lowest BCUT2D eigenvalue weighted by atomic mass is 10.1. The first-order valence-electron chi connectivity index (χ1n) is 7.32. The lowest BCUT2D eigenvalue weighted by Crippen LogP contribution is -2.50. The van der Waals surface area contributed by atoms with Gasteiger partial charge in [-0.2, -0.15) is 0 Å².